The summed E-state index contributed by atoms with van der Waals surface area (Å²) in [5, 5.41) is 3.38. The lowest BCUT2D eigenvalue weighted by molar-refractivity contribution is 0.204. The van der Waals surface area contributed by atoms with Crippen molar-refractivity contribution in [1.82, 2.24) is 19.9 Å². The van der Waals surface area contributed by atoms with Crippen LogP contribution in [0.1, 0.15) is 35.5 Å². The van der Waals surface area contributed by atoms with Gasteiger partial charge in [0.1, 0.15) is 0 Å². The molecule has 128 valence electrons. The standard InChI is InChI=1S/C18H25N5S/c1-14-9-19-17(20-10-14)23-7-4-18(5-8-23)3-6-22(13-18)11-16-12-24-15(2)21-16/h9-10,12H,3-8,11,13H2,1-2H3. The van der Waals surface area contributed by atoms with Crippen LogP contribution in [0.3, 0.4) is 0 Å². The normalized spacial score (nSPS) is 20.8. The van der Waals surface area contributed by atoms with E-state index in [4.69, 9.17) is 0 Å². The number of aromatic nitrogens is 3. The monoisotopic (exact) mass is 343 g/mol. The molecule has 2 aromatic heterocycles. The van der Waals surface area contributed by atoms with Crippen molar-refractivity contribution in [3.05, 3.63) is 34.0 Å². The summed E-state index contributed by atoms with van der Waals surface area (Å²) < 4.78 is 0. The molecule has 2 aromatic rings. The van der Waals surface area contributed by atoms with Gasteiger partial charge >= 0.3 is 0 Å². The third kappa shape index (κ3) is 3.30. The molecule has 0 N–H and O–H groups in total. The Morgan fingerprint density at radius 2 is 1.79 bits per heavy atom. The van der Waals surface area contributed by atoms with Gasteiger partial charge in [-0.15, -0.1) is 11.3 Å². The highest BCUT2D eigenvalue weighted by Gasteiger charge is 2.40. The van der Waals surface area contributed by atoms with Gasteiger partial charge < -0.3 is 4.90 Å². The number of hydrogen-bond acceptors (Lipinski definition) is 6. The first-order valence-electron chi connectivity index (χ1n) is 8.79. The summed E-state index contributed by atoms with van der Waals surface area (Å²) in [7, 11) is 0. The first kappa shape index (κ1) is 16.0. The Bertz CT molecular complexity index is 688. The Kier molecular flexibility index (Phi) is 4.26. The molecule has 0 bridgehead atoms. The molecule has 6 heteroatoms. The van der Waals surface area contributed by atoms with Gasteiger partial charge in [0.05, 0.1) is 10.7 Å². The van der Waals surface area contributed by atoms with E-state index >= 15 is 0 Å². The fourth-order valence-corrected chi connectivity index (χ4v) is 4.61. The van der Waals surface area contributed by atoms with E-state index in [1.54, 1.807) is 11.3 Å². The molecule has 0 aromatic carbocycles. The van der Waals surface area contributed by atoms with Crippen molar-refractivity contribution in [2.75, 3.05) is 31.1 Å². The second kappa shape index (κ2) is 6.41. The number of thiazole rings is 1. The molecule has 2 fully saturated rings. The molecule has 24 heavy (non-hydrogen) atoms. The Labute approximate surface area is 147 Å². The van der Waals surface area contributed by atoms with Crippen LogP contribution in [0.4, 0.5) is 5.95 Å². The number of likely N-dealkylation sites (tertiary alicyclic amines) is 1. The van der Waals surface area contributed by atoms with Gasteiger partial charge in [0.2, 0.25) is 5.95 Å². The summed E-state index contributed by atoms with van der Waals surface area (Å²) in [4.78, 5) is 18.5. The number of nitrogens with zero attached hydrogens (tertiary/aromatic N) is 5. The molecule has 1 spiro atoms. The van der Waals surface area contributed by atoms with Crippen molar-refractivity contribution in [2.45, 2.75) is 39.7 Å². The molecule has 0 aliphatic carbocycles. The van der Waals surface area contributed by atoms with Crippen LogP contribution in [0.25, 0.3) is 0 Å². The van der Waals surface area contributed by atoms with Crippen LogP contribution < -0.4 is 4.90 Å². The molecule has 2 aliphatic rings. The first-order chi connectivity index (χ1) is 11.6. The van der Waals surface area contributed by atoms with Crippen LogP contribution in [0.5, 0.6) is 0 Å². The van der Waals surface area contributed by atoms with E-state index in [2.05, 4.69) is 37.1 Å². The van der Waals surface area contributed by atoms with Gasteiger partial charge in [0.15, 0.2) is 0 Å². The van der Waals surface area contributed by atoms with E-state index in [9.17, 15) is 0 Å². The Morgan fingerprint density at radius 1 is 1.08 bits per heavy atom. The Balaban J connectivity index is 1.34. The second-order valence-electron chi connectivity index (χ2n) is 7.37. The number of hydrogen-bond donors (Lipinski definition) is 0. The van der Waals surface area contributed by atoms with Crippen LogP contribution in [-0.4, -0.2) is 46.0 Å². The summed E-state index contributed by atoms with van der Waals surface area (Å²) >= 11 is 1.76. The van der Waals surface area contributed by atoms with Crippen molar-refractivity contribution in [3.63, 3.8) is 0 Å². The zero-order valence-electron chi connectivity index (χ0n) is 14.5. The lowest BCUT2D eigenvalue weighted by Crippen LogP contribution is -2.42. The van der Waals surface area contributed by atoms with E-state index in [1.165, 1.54) is 43.1 Å². The Morgan fingerprint density at radius 3 is 2.46 bits per heavy atom. The number of rotatable bonds is 3. The average molecular weight is 344 g/mol. The zero-order chi connectivity index (χ0) is 16.6. The number of anilines is 1. The minimum atomic E-state index is 0.492. The van der Waals surface area contributed by atoms with E-state index in [-0.39, 0.29) is 0 Å². The molecule has 0 atom stereocenters. The smallest absolute Gasteiger partial charge is 0.225 e. The molecule has 0 amide bonds. The molecule has 5 nitrogen and oxygen atoms in total. The van der Waals surface area contributed by atoms with Gasteiger partial charge in [0, 0.05) is 44.0 Å². The largest absolute Gasteiger partial charge is 0.341 e. The zero-order valence-corrected chi connectivity index (χ0v) is 15.3. The second-order valence-corrected chi connectivity index (χ2v) is 8.43. The number of aryl methyl sites for hydroxylation is 2. The summed E-state index contributed by atoms with van der Waals surface area (Å²) in [5.41, 5.74) is 2.85. The van der Waals surface area contributed by atoms with Gasteiger partial charge in [-0.25, -0.2) is 15.0 Å². The van der Waals surface area contributed by atoms with Crippen molar-refractivity contribution < 1.29 is 0 Å². The lowest BCUT2D eigenvalue weighted by Gasteiger charge is -2.39. The third-order valence-electron chi connectivity index (χ3n) is 5.44. The molecule has 0 saturated carbocycles. The highest BCUT2D eigenvalue weighted by molar-refractivity contribution is 7.09. The maximum Gasteiger partial charge on any atom is 0.225 e. The summed E-state index contributed by atoms with van der Waals surface area (Å²) in [5.74, 6) is 0.892. The number of piperidine rings is 1. The van der Waals surface area contributed by atoms with Gasteiger partial charge in [-0.2, -0.15) is 0 Å². The van der Waals surface area contributed by atoms with Crippen molar-refractivity contribution in [2.24, 2.45) is 5.41 Å². The first-order valence-corrected chi connectivity index (χ1v) is 9.67. The van der Waals surface area contributed by atoms with E-state index < -0.39 is 0 Å². The van der Waals surface area contributed by atoms with E-state index in [0.29, 0.717) is 5.41 Å². The minimum absolute atomic E-state index is 0.492. The molecule has 0 unspecified atom stereocenters. The highest BCUT2D eigenvalue weighted by Crippen LogP contribution is 2.41. The fourth-order valence-electron chi connectivity index (χ4n) is 4.01. The fraction of sp³-hybridized carbons (Fsp3) is 0.611. The van der Waals surface area contributed by atoms with Gasteiger partial charge in [-0.05, 0) is 50.6 Å². The maximum absolute atomic E-state index is 4.62. The van der Waals surface area contributed by atoms with E-state index in [1.807, 2.05) is 19.3 Å². The minimum Gasteiger partial charge on any atom is -0.341 e. The van der Waals surface area contributed by atoms with E-state index in [0.717, 1.165) is 31.1 Å². The van der Waals surface area contributed by atoms with Crippen LogP contribution >= 0.6 is 11.3 Å². The topological polar surface area (TPSA) is 45.2 Å². The molecular formula is C18H25N5S. The summed E-state index contributed by atoms with van der Waals surface area (Å²) in [6.45, 7) is 9.70. The van der Waals surface area contributed by atoms with Crippen molar-refractivity contribution >= 4 is 17.3 Å². The Hall–Kier alpha value is -1.53. The molecule has 0 radical (unpaired) electrons. The molecule has 4 heterocycles. The molecule has 4 rings (SSSR count). The summed E-state index contributed by atoms with van der Waals surface area (Å²) in [6.07, 6.45) is 7.64. The quantitative estimate of drug-likeness (QED) is 0.857. The third-order valence-corrected chi connectivity index (χ3v) is 6.27. The predicted octanol–water partition coefficient (Wildman–Crippen LogP) is 3.04. The highest BCUT2D eigenvalue weighted by atomic mass is 32.1. The average Bonchev–Trinajstić information content (AvgIpc) is 3.16. The summed E-state index contributed by atoms with van der Waals surface area (Å²) in [6, 6.07) is 0. The molecule has 2 saturated heterocycles. The van der Waals surface area contributed by atoms with Gasteiger partial charge in [-0.3, -0.25) is 4.90 Å². The van der Waals surface area contributed by atoms with Crippen LogP contribution in [0, 0.1) is 19.3 Å². The van der Waals surface area contributed by atoms with Gasteiger partial charge in [-0.1, -0.05) is 0 Å². The van der Waals surface area contributed by atoms with Crippen molar-refractivity contribution in [1.29, 1.82) is 0 Å². The lowest BCUT2D eigenvalue weighted by atomic mass is 9.78. The SMILES string of the molecule is Cc1cnc(N2CCC3(CCN(Cc4csc(C)n4)C3)CC2)nc1. The predicted molar refractivity (Wildman–Crippen MR) is 97.4 cm³/mol. The maximum atomic E-state index is 4.62. The van der Waals surface area contributed by atoms with Crippen LogP contribution in [-0.2, 0) is 6.54 Å². The van der Waals surface area contributed by atoms with Crippen molar-refractivity contribution in [3.8, 4) is 0 Å². The van der Waals surface area contributed by atoms with Crippen LogP contribution in [0.2, 0.25) is 0 Å². The molecular weight excluding hydrogens is 318 g/mol. The van der Waals surface area contributed by atoms with Crippen LogP contribution in [0.15, 0.2) is 17.8 Å². The molecule has 2 aliphatic heterocycles. The van der Waals surface area contributed by atoms with Gasteiger partial charge in [0.25, 0.3) is 0 Å².